The molecule has 4 aliphatic rings. The number of fused-ring (bicyclic) bond motifs is 3. The molecule has 2 amide bonds. The molecule has 3 heterocycles. The molecule has 324 valence electrons. The number of alkyl halides is 3. The number of carbonyl (C=O) groups excluding carboxylic acids is 4. The highest BCUT2D eigenvalue weighted by Crippen LogP contribution is 2.58. The fourth-order valence-electron chi connectivity index (χ4n) is 8.28. The SMILES string of the molecule is CCOc1ccc2nc(C)c(O[C@@H]3C[C@H]4C(=O)C[C@]5(C(=O)NS(=O)(=O)C6(C)CC6)C[C@H]5/C=C\CC[C@H](C)C[C@@H](C)[C@H](CC(=O)OC(C)(C)C(F)(F)F)C(=O)N4C3)nc2c1. The van der Waals surface area contributed by atoms with Crippen molar-refractivity contribution in [2.24, 2.45) is 29.1 Å². The predicted molar refractivity (Wildman–Crippen MR) is 210 cm³/mol. The summed E-state index contributed by atoms with van der Waals surface area (Å²) in [6, 6.07) is 4.06. The lowest BCUT2D eigenvalue weighted by Gasteiger charge is -2.33. The van der Waals surface area contributed by atoms with Crippen molar-refractivity contribution in [3.05, 3.63) is 36.0 Å². The molecule has 2 aliphatic carbocycles. The molecule has 1 saturated heterocycles. The van der Waals surface area contributed by atoms with E-state index in [0.717, 1.165) is 13.8 Å². The maximum absolute atomic E-state index is 14.9. The molecule has 0 unspecified atom stereocenters. The molecule has 2 aromatic rings. The first-order valence-electron chi connectivity index (χ1n) is 20.4. The molecule has 1 aromatic carbocycles. The summed E-state index contributed by atoms with van der Waals surface area (Å²) in [5.41, 5.74) is -2.69. The molecule has 0 spiro atoms. The molecule has 0 bridgehead atoms. The number of amides is 2. The van der Waals surface area contributed by atoms with Crippen LogP contribution in [-0.2, 0) is 33.9 Å². The first-order chi connectivity index (χ1) is 27.5. The number of carbonyl (C=O) groups is 4. The second-order valence-electron chi connectivity index (χ2n) is 17.8. The van der Waals surface area contributed by atoms with Crippen molar-refractivity contribution in [1.82, 2.24) is 19.6 Å². The van der Waals surface area contributed by atoms with Crippen molar-refractivity contribution >= 4 is 44.6 Å². The van der Waals surface area contributed by atoms with Gasteiger partial charge in [0.2, 0.25) is 33.3 Å². The molecular formula is C42H55F3N4O9S. The molecule has 1 N–H and O–H groups in total. The maximum atomic E-state index is 14.9. The smallest absolute Gasteiger partial charge is 0.427 e. The average molecular weight is 849 g/mol. The Morgan fingerprint density at radius 3 is 2.44 bits per heavy atom. The van der Waals surface area contributed by atoms with E-state index >= 15 is 0 Å². The Morgan fingerprint density at radius 2 is 1.78 bits per heavy atom. The molecule has 13 nitrogen and oxygen atoms in total. The van der Waals surface area contributed by atoms with Gasteiger partial charge in [-0.3, -0.25) is 23.9 Å². The second-order valence-corrected chi connectivity index (χ2v) is 20.0. The highest BCUT2D eigenvalue weighted by atomic mass is 32.2. The van der Waals surface area contributed by atoms with Gasteiger partial charge < -0.3 is 19.1 Å². The lowest BCUT2D eigenvalue weighted by Crippen LogP contribution is -2.48. The van der Waals surface area contributed by atoms with E-state index in [0.29, 0.717) is 61.2 Å². The average Bonchev–Trinajstić information content (AvgIpc) is 4.02. The van der Waals surface area contributed by atoms with Gasteiger partial charge in [0, 0.05) is 18.9 Å². The zero-order valence-corrected chi connectivity index (χ0v) is 35.5. The topological polar surface area (TPSA) is 171 Å². The van der Waals surface area contributed by atoms with Gasteiger partial charge in [0.25, 0.3) is 0 Å². The number of aryl methyl sites for hydroxylation is 1. The van der Waals surface area contributed by atoms with Crippen LogP contribution in [0.25, 0.3) is 11.0 Å². The summed E-state index contributed by atoms with van der Waals surface area (Å²) in [5.74, 6) is -4.51. The van der Waals surface area contributed by atoms with Crippen molar-refractivity contribution in [1.29, 1.82) is 0 Å². The Bertz CT molecular complexity index is 2120. The molecule has 6 rings (SSSR count). The number of rotatable bonds is 10. The lowest BCUT2D eigenvalue weighted by molar-refractivity contribution is -0.257. The molecule has 7 atom stereocenters. The number of Topliss-reactive ketones (excluding diaryl/α,β-unsaturated/α-hetero) is 1. The normalized spacial score (nSPS) is 29.4. The number of allylic oxidation sites excluding steroid dienone is 2. The molecule has 0 radical (unpaired) electrons. The van der Waals surface area contributed by atoms with Crippen LogP contribution < -0.4 is 14.2 Å². The maximum Gasteiger partial charge on any atom is 0.427 e. The summed E-state index contributed by atoms with van der Waals surface area (Å²) in [7, 11) is -4.03. The predicted octanol–water partition coefficient (Wildman–Crippen LogP) is 6.55. The third kappa shape index (κ3) is 9.39. The number of ketones is 1. The fourth-order valence-corrected chi connectivity index (χ4v) is 9.61. The first kappa shape index (κ1) is 44.3. The minimum atomic E-state index is -4.87. The van der Waals surface area contributed by atoms with E-state index in [1.54, 1.807) is 39.0 Å². The largest absolute Gasteiger partial charge is 0.494 e. The molecule has 3 fully saturated rings. The number of sulfonamides is 1. The quantitative estimate of drug-likeness (QED) is 0.203. The minimum absolute atomic E-state index is 0.0131. The molecule has 1 aromatic heterocycles. The highest BCUT2D eigenvalue weighted by molar-refractivity contribution is 7.91. The van der Waals surface area contributed by atoms with Crippen LogP contribution in [0.15, 0.2) is 30.4 Å². The molecular weight excluding hydrogens is 794 g/mol. The monoisotopic (exact) mass is 848 g/mol. The number of ether oxygens (including phenoxy) is 3. The highest BCUT2D eigenvalue weighted by Gasteiger charge is 2.63. The van der Waals surface area contributed by atoms with E-state index in [1.165, 1.54) is 4.90 Å². The zero-order valence-electron chi connectivity index (χ0n) is 34.7. The van der Waals surface area contributed by atoms with Gasteiger partial charge in [-0.15, -0.1) is 0 Å². The summed E-state index contributed by atoms with van der Waals surface area (Å²) in [6.45, 7) is 10.6. The van der Waals surface area contributed by atoms with Gasteiger partial charge in [-0.2, -0.15) is 13.2 Å². The van der Waals surface area contributed by atoms with Crippen molar-refractivity contribution in [2.45, 2.75) is 135 Å². The number of aromatic nitrogens is 2. The number of benzene rings is 1. The van der Waals surface area contributed by atoms with Gasteiger partial charge in [0.1, 0.15) is 17.5 Å². The summed E-state index contributed by atoms with van der Waals surface area (Å²) in [6.07, 6.45) is -0.303. The number of nitrogens with zero attached hydrogens (tertiary/aromatic N) is 3. The van der Waals surface area contributed by atoms with Crippen LogP contribution in [-0.4, -0.2) is 88.7 Å². The van der Waals surface area contributed by atoms with Gasteiger partial charge in [0.15, 0.2) is 5.78 Å². The second kappa shape index (κ2) is 16.3. The van der Waals surface area contributed by atoms with E-state index in [1.807, 2.05) is 26.0 Å². The van der Waals surface area contributed by atoms with E-state index < -0.39 is 91.8 Å². The summed E-state index contributed by atoms with van der Waals surface area (Å²) in [5, 5.41) is 0. The van der Waals surface area contributed by atoms with Gasteiger partial charge in [0.05, 0.1) is 52.7 Å². The number of hydrogen-bond acceptors (Lipinski definition) is 11. The molecule has 59 heavy (non-hydrogen) atoms. The van der Waals surface area contributed by atoms with Crippen LogP contribution in [0, 0.1) is 36.0 Å². The van der Waals surface area contributed by atoms with Crippen LogP contribution in [0.4, 0.5) is 13.2 Å². The molecule has 17 heteroatoms. The van der Waals surface area contributed by atoms with Crippen LogP contribution >= 0.6 is 0 Å². The summed E-state index contributed by atoms with van der Waals surface area (Å²) < 4.78 is 85.9. The first-order valence-corrected chi connectivity index (χ1v) is 21.9. The van der Waals surface area contributed by atoms with E-state index in [4.69, 9.17) is 14.2 Å². The van der Waals surface area contributed by atoms with E-state index in [9.17, 15) is 40.8 Å². The minimum Gasteiger partial charge on any atom is -0.494 e. The number of nitrogens with one attached hydrogen (secondary N) is 1. The Morgan fingerprint density at radius 1 is 1.07 bits per heavy atom. The van der Waals surface area contributed by atoms with Crippen molar-refractivity contribution in [3.8, 4) is 11.6 Å². The Balaban J connectivity index is 1.35. The number of hydrogen-bond donors (Lipinski definition) is 1. The van der Waals surface area contributed by atoms with Gasteiger partial charge in [-0.1, -0.05) is 26.0 Å². The van der Waals surface area contributed by atoms with Gasteiger partial charge in [-0.05, 0) is 103 Å². The Hall–Kier alpha value is -4.28. The number of esters is 1. The van der Waals surface area contributed by atoms with Crippen molar-refractivity contribution in [2.75, 3.05) is 13.2 Å². The van der Waals surface area contributed by atoms with Gasteiger partial charge >= 0.3 is 12.1 Å². The van der Waals surface area contributed by atoms with Crippen LogP contribution in [0.2, 0.25) is 0 Å². The van der Waals surface area contributed by atoms with E-state index in [2.05, 4.69) is 14.7 Å². The lowest BCUT2D eigenvalue weighted by atomic mass is 9.82. The zero-order chi connectivity index (χ0) is 43.3. The third-order valence-electron chi connectivity index (χ3n) is 12.6. The Kier molecular flexibility index (Phi) is 12.2. The standard InChI is InChI=1S/C42H55F3N4O9S/c1-8-56-28-13-14-31-32(18-28)47-36(26(4)46-31)57-29-19-33-34(50)22-41(38(53)48-59(54,55)40(7)15-16-40)21-27(41)12-10-9-11-24(2)17-25(3)30(37(52)49(33)23-29)20-35(51)58-39(5,6)42(43,44)45/h10,12-14,18,24-25,27,29-30,33H,8-9,11,15-17,19-23H2,1-7H3,(H,48,53)/b12-10-/t24-,25+,27+,29+,30-,33-,41+/m0/s1. The van der Waals surface area contributed by atoms with Gasteiger partial charge in [-0.25, -0.2) is 18.4 Å². The van der Waals surface area contributed by atoms with E-state index in [-0.39, 0.29) is 37.6 Å². The van der Waals surface area contributed by atoms with Crippen LogP contribution in [0.1, 0.15) is 105 Å². The van der Waals surface area contributed by atoms with Crippen molar-refractivity contribution in [3.63, 3.8) is 0 Å². The van der Waals surface area contributed by atoms with Crippen LogP contribution in [0.5, 0.6) is 11.6 Å². The number of halogens is 3. The summed E-state index contributed by atoms with van der Waals surface area (Å²) >= 11 is 0. The molecule has 2 saturated carbocycles. The van der Waals surface area contributed by atoms with Crippen molar-refractivity contribution < 1.29 is 55.0 Å². The Labute approximate surface area is 343 Å². The molecule has 2 aliphatic heterocycles. The fraction of sp³-hybridized carbons (Fsp3) is 0.667. The summed E-state index contributed by atoms with van der Waals surface area (Å²) in [4.78, 5) is 67.4. The third-order valence-corrected chi connectivity index (χ3v) is 14.7. The van der Waals surface area contributed by atoms with Crippen LogP contribution in [0.3, 0.4) is 0 Å².